The molecule has 1 aromatic rings. The van der Waals surface area contributed by atoms with E-state index in [1.54, 1.807) is 6.07 Å². The molecular weight excluding hydrogens is 246 g/mol. The van der Waals surface area contributed by atoms with Crippen LogP contribution in [0.25, 0.3) is 0 Å². The Hall–Kier alpha value is -1.37. The number of hydrogen-bond donors (Lipinski definition) is 2. The number of nitrogen functional groups attached to an aromatic ring is 1. The summed E-state index contributed by atoms with van der Waals surface area (Å²) < 4.78 is 11.1. The van der Waals surface area contributed by atoms with Gasteiger partial charge in [-0.1, -0.05) is 0 Å². The van der Waals surface area contributed by atoms with Crippen molar-refractivity contribution in [2.24, 2.45) is 5.84 Å². The van der Waals surface area contributed by atoms with Gasteiger partial charge in [0.1, 0.15) is 5.76 Å². The summed E-state index contributed by atoms with van der Waals surface area (Å²) in [6.45, 7) is 8.51. The Labute approximate surface area is 112 Å². The predicted molar refractivity (Wildman–Crippen MR) is 70.4 cm³/mol. The van der Waals surface area contributed by atoms with E-state index in [2.05, 4.69) is 24.2 Å². The van der Waals surface area contributed by atoms with Gasteiger partial charge in [-0.15, -0.1) is 0 Å². The number of hydrogen-bond acceptors (Lipinski definition) is 5. The third kappa shape index (κ3) is 3.34. The van der Waals surface area contributed by atoms with Crippen LogP contribution in [-0.4, -0.2) is 36.1 Å². The largest absolute Gasteiger partial charge is 0.456 e. The highest BCUT2D eigenvalue weighted by Crippen LogP contribution is 2.19. The number of nitrogens with zero attached hydrogens (tertiary/aromatic N) is 1. The Kier molecular flexibility index (Phi) is 4.24. The van der Waals surface area contributed by atoms with Crippen molar-refractivity contribution >= 4 is 5.91 Å². The second kappa shape index (κ2) is 5.73. The Bertz CT molecular complexity index is 448. The standard InChI is InChI=1S/C13H21N3O3/c1-8-5-16(6-9(2)18-8)7-11-4-12(13(17)15-14)19-10(11)3/h4,8-9H,5-7,14H2,1-3H3,(H,15,17)/t8-,9+. The Morgan fingerprint density at radius 2 is 2.11 bits per heavy atom. The molecule has 1 aliphatic heterocycles. The number of carbonyl (C=O) groups excluding carboxylic acids is 1. The second-order valence-corrected chi connectivity index (χ2v) is 5.12. The molecular formula is C13H21N3O3. The highest BCUT2D eigenvalue weighted by Gasteiger charge is 2.23. The summed E-state index contributed by atoms with van der Waals surface area (Å²) in [6.07, 6.45) is 0.450. The predicted octanol–water partition coefficient (Wildman–Crippen LogP) is 0.801. The molecule has 1 amide bonds. The summed E-state index contributed by atoms with van der Waals surface area (Å²) in [5.74, 6) is 5.70. The van der Waals surface area contributed by atoms with E-state index in [-0.39, 0.29) is 18.0 Å². The second-order valence-electron chi connectivity index (χ2n) is 5.12. The van der Waals surface area contributed by atoms with Gasteiger partial charge in [0.05, 0.1) is 12.2 Å². The van der Waals surface area contributed by atoms with Gasteiger partial charge in [0.15, 0.2) is 5.76 Å². The molecule has 0 saturated carbocycles. The monoisotopic (exact) mass is 267 g/mol. The van der Waals surface area contributed by atoms with Crippen molar-refractivity contribution in [3.05, 3.63) is 23.2 Å². The number of nitrogens with two attached hydrogens (primary N) is 1. The van der Waals surface area contributed by atoms with E-state index in [4.69, 9.17) is 15.0 Å². The van der Waals surface area contributed by atoms with E-state index in [9.17, 15) is 4.79 Å². The molecule has 6 heteroatoms. The molecule has 0 spiro atoms. The average Bonchev–Trinajstić information content (AvgIpc) is 2.68. The number of amides is 1. The minimum atomic E-state index is -0.405. The minimum absolute atomic E-state index is 0.225. The molecule has 2 rings (SSSR count). The lowest BCUT2D eigenvalue weighted by molar-refractivity contribution is -0.0705. The lowest BCUT2D eigenvalue weighted by atomic mass is 10.2. The fourth-order valence-electron chi connectivity index (χ4n) is 2.51. The van der Waals surface area contributed by atoms with Crippen molar-refractivity contribution in [2.45, 2.75) is 39.5 Å². The first-order valence-electron chi connectivity index (χ1n) is 6.47. The van der Waals surface area contributed by atoms with Crippen LogP contribution in [0.3, 0.4) is 0 Å². The van der Waals surface area contributed by atoms with E-state index in [0.717, 1.165) is 31.0 Å². The number of morpholine rings is 1. The van der Waals surface area contributed by atoms with Crippen LogP contribution in [0, 0.1) is 6.92 Å². The first-order valence-corrected chi connectivity index (χ1v) is 6.47. The zero-order chi connectivity index (χ0) is 14.0. The van der Waals surface area contributed by atoms with Crippen molar-refractivity contribution < 1.29 is 13.9 Å². The molecule has 19 heavy (non-hydrogen) atoms. The van der Waals surface area contributed by atoms with Crippen molar-refractivity contribution in [3.8, 4) is 0 Å². The maximum Gasteiger partial charge on any atom is 0.300 e. The fraction of sp³-hybridized carbons (Fsp3) is 0.615. The van der Waals surface area contributed by atoms with Crippen LogP contribution in [0.1, 0.15) is 35.7 Å². The quantitative estimate of drug-likeness (QED) is 0.481. The van der Waals surface area contributed by atoms with Crippen LogP contribution in [0.4, 0.5) is 0 Å². The number of aryl methyl sites for hydroxylation is 1. The van der Waals surface area contributed by atoms with Crippen LogP contribution in [0.15, 0.2) is 10.5 Å². The molecule has 0 aromatic carbocycles. The van der Waals surface area contributed by atoms with Crippen molar-refractivity contribution in [1.82, 2.24) is 10.3 Å². The average molecular weight is 267 g/mol. The number of carbonyl (C=O) groups is 1. The Morgan fingerprint density at radius 1 is 1.47 bits per heavy atom. The summed E-state index contributed by atoms with van der Waals surface area (Å²) in [5, 5.41) is 0. The lowest BCUT2D eigenvalue weighted by Gasteiger charge is -2.35. The molecule has 1 fully saturated rings. The van der Waals surface area contributed by atoms with Crippen molar-refractivity contribution in [1.29, 1.82) is 0 Å². The summed E-state index contributed by atoms with van der Waals surface area (Å²) >= 11 is 0. The summed E-state index contributed by atoms with van der Waals surface area (Å²) in [7, 11) is 0. The van der Waals surface area contributed by atoms with Gasteiger partial charge < -0.3 is 9.15 Å². The van der Waals surface area contributed by atoms with Crippen molar-refractivity contribution in [2.75, 3.05) is 13.1 Å². The zero-order valence-electron chi connectivity index (χ0n) is 11.6. The maximum atomic E-state index is 11.4. The van der Waals surface area contributed by atoms with Crippen molar-refractivity contribution in [3.63, 3.8) is 0 Å². The summed E-state index contributed by atoms with van der Waals surface area (Å²) in [5.41, 5.74) is 3.09. The molecule has 6 nitrogen and oxygen atoms in total. The van der Waals surface area contributed by atoms with E-state index >= 15 is 0 Å². The molecule has 2 atom stereocenters. The third-order valence-electron chi connectivity index (χ3n) is 3.26. The van der Waals surface area contributed by atoms with E-state index in [1.165, 1.54) is 0 Å². The van der Waals surface area contributed by atoms with Crippen LogP contribution < -0.4 is 11.3 Å². The molecule has 0 radical (unpaired) electrons. The number of ether oxygens (including phenoxy) is 1. The van der Waals surface area contributed by atoms with Crippen LogP contribution in [0.2, 0.25) is 0 Å². The fourth-order valence-corrected chi connectivity index (χ4v) is 2.51. The molecule has 1 saturated heterocycles. The van der Waals surface area contributed by atoms with Gasteiger partial charge in [0.25, 0.3) is 0 Å². The van der Waals surface area contributed by atoms with Crippen LogP contribution in [0.5, 0.6) is 0 Å². The molecule has 3 N–H and O–H groups in total. The van der Waals surface area contributed by atoms with Gasteiger partial charge in [-0.25, -0.2) is 5.84 Å². The Balaban J connectivity index is 2.06. The van der Waals surface area contributed by atoms with Gasteiger partial charge in [0.2, 0.25) is 0 Å². The smallest absolute Gasteiger partial charge is 0.300 e. The summed E-state index contributed by atoms with van der Waals surface area (Å²) in [4.78, 5) is 13.7. The lowest BCUT2D eigenvalue weighted by Crippen LogP contribution is -2.44. The maximum absolute atomic E-state index is 11.4. The topological polar surface area (TPSA) is 80.7 Å². The van der Waals surface area contributed by atoms with E-state index < -0.39 is 5.91 Å². The molecule has 0 aliphatic carbocycles. The number of nitrogens with one attached hydrogen (secondary N) is 1. The minimum Gasteiger partial charge on any atom is -0.456 e. The first kappa shape index (κ1) is 14.0. The highest BCUT2D eigenvalue weighted by molar-refractivity contribution is 5.91. The number of furan rings is 1. The Morgan fingerprint density at radius 3 is 2.68 bits per heavy atom. The molecule has 1 aliphatic rings. The number of hydrazine groups is 1. The molecule has 0 unspecified atom stereocenters. The molecule has 0 bridgehead atoms. The highest BCUT2D eigenvalue weighted by atomic mass is 16.5. The summed E-state index contributed by atoms with van der Waals surface area (Å²) in [6, 6.07) is 1.75. The van der Waals surface area contributed by atoms with Crippen LogP contribution >= 0.6 is 0 Å². The normalized spacial score (nSPS) is 24.4. The van der Waals surface area contributed by atoms with Gasteiger partial charge in [-0.2, -0.15) is 0 Å². The van der Waals surface area contributed by atoms with Gasteiger partial charge in [-0.3, -0.25) is 15.1 Å². The zero-order valence-corrected chi connectivity index (χ0v) is 11.6. The SMILES string of the molecule is Cc1oc(C(=O)NN)cc1CN1C[C@@H](C)O[C@@H](C)C1. The van der Waals surface area contributed by atoms with E-state index in [1.807, 2.05) is 6.92 Å². The van der Waals surface area contributed by atoms with Gasteiger partial charge >= 0.3 is 5.91 Å². The molecule has 1 aromatic heterocycles. The molecule has 106 valence electrons. The third-order valence-corrected chi connectivity index (χ3v) is 3.26. The number of rotatable bonds is 3. The first-order chi connectivity index (χ1) is 8.99. The molecule has 2 heterocycles. The van der Waals surface area contributed by atoms with Gasteiger partial charge in [-0.05, 0) is 26.8 Å². The van der Waals surface area contributed by atoms with Gasteiger partial charge in [0, 0.05) is 25.2 Å². The van der Waals surface area contributed by atoms with E-state index in [0.29, 0.717) is 0 Å². The van der Waals surface area contributed by atoms with Crippen LogP contribution in [-0.2, 0) is 11.3 Å².